The zero-order valence-corrected chi connectivity index (χ0v) is 17.0. The molecule has 2 fully saturated rings. The van der Waals surface area contributed by atoms with Gasteiger partial charge in [-0.3, -0.25) is 19.7 Å². The number of amides is 2. The minimum absolute atomic E-state index is 0.0750. The number of hydrogen-bond acceptors (Lipinski definition) is 5. The molecule has 28 heavy (non-hydrogen) atoms. The molecule has 1 aromatic rings. The topological polar surface area (TPSA) is 92.6 Å². The van der Waals surface area contributed by atoms with Gasteiger partial charge in [0.05, 0.1) is 4.92 Å². The predicted molar refractivity (Wildman–Crippen MR) is 109 cm³/mol. The van der Waals surface area contributed by atoms with Crippen LogP contribution in [0.4, 0.5) is 5.69 Å². The van der Waals surface area contributed by atoms with Gasteiger partial charge in [-0.1, -0.05) is 19.3 Å². The first-order chi connectivity index (χ1) is 13.5. The number of carbonyl (C=O) groups excluding carboxylic acids is 2. The standard InChI is InChI=1S/C20H27N3O4S/c1-28-16-7-8-18(23(26)27)17(13-16)20(25)22-11-9-15(10-12-22)21-19(24)14-5-3-2-4-6-14/h7-8,13-15H,2-6,9-12H2,1H3,(H,21,24). The van der Waals surface area contributed by atoms with E-state index in [1.54, 1.807) is 17.0 Å². The Bertz CT molecular complexity index is 741. The molecule has 0 atom stereocenters. The van der Waals surface area contributed by atoms with Crippen LogP contribution >= 0.6 is 11.8 Å². The van der Waals surface area contributed by atoms with Crippen LogP contribution in [0.2, 0.25) is 0 Å². The van der Waals surface area contributed by atoms with Crippen molar-refractivity contribution in [3.63, 3.8) is 0 Å². The minimum atomic E-state index is -0.505. The Morgan fingerprint density at radius 1 is 1.14 bits per heavy atom. The Hall–Kier alpha value is -2.09. The van der Waals surface area contributed by atoms with Gasteiger partial charge in [0.25, 0.3) is 11.6 Å². The van der Waals surface area contributed by atoms with Crippen molar-refractivity contribution in [2.75, 3.05) is 19.3 Å². The Kier molecular flexibility index (Phi) is 6.93. The molecule has 7 nitrogen and oxygen atoms in total. The molecule has 0 spiro atoms. The van der Waals surface area contributed by atoms with Gasteiger partial charge in [-0.05, 0) is 44.1 Å². The van der Waals surface area contributed by atoms with Crippen LogP contribution in [0, 0.1) is 16.0 Å². The molecule has 0 bridgehead atoms. The van der Waals surface area contributed by atoms with Gasteiger partial charge in [0.1, 0.15) is 5.56 Å². The van der Waals surface area contributed by atoms with E-state index in [0.29, 0.717) is 25.9 Å². The van der Waals surface area contributed by atoms with Crippen LogP contribution in [-0.4, -0.2) is 47.0 Å². The van der Waals surface area contributed by atoms with Crippen molar-refractivity contribution >= 4 is 29.3 Å². The Morgan fingerprint density at radius 3 is 2.43 bits per heavy atom. The number of thioether (sulfide) groups is 1. The van der Waals surface area contributed by atoms with Crippen molar-refractivity contribution in [3.8, 4) is 0 Å². The van der Waals surface area contributed by atoms with E-state index in [1.807, 2.05) is 6.26 Å². The number of benzene rings is 1. The fraction of sp³-hybridized carbons (Fsp3) is 0.600. The van der Waals surface area contributed by atoms with Crippen LogP contribution in [0.5, 0.6) is 0 Å². The van der Waals surface area contributed by atoms with Crippen LogP contribution < -0.4 is 5.32 Å². The van der Waals surface area contributed by atoms with Gasteiger partial charge >= 0.3 is 0 Å². The first-order valence-corrected chi connectivity index (χ1v) is 11.1. The van der Waals surface area contributed by atoms with Crippen LogP contribution in [0.1, 0.15) is 55.3 Å². The minimum Gasteiger partial charge on any atom is -0.353 e. The highest BCUT2D eigenvalue weighted by Gasteiger charge is 2.30. The number of likely N-dealkylation sites (tertiary alicyclic amines) is 1. The summed E-state index contributed by atoms with van der Waals surface area (Å²) in [6.07, 6.45) is 8.64. The average Bonchev–Trinajstić information content (AvgIpc) is 2.73. The number of nitro groups is 1. The second-order valence-corrected chi connectivity index (χ2v) is 8.43. The van der Waals surface area contributed by atoms with Crippen LogP contribution in [0.15, 0.2) is 23.1 Å². The lowest BCUT2D eigenvalue weighted by Gasteiger charge is -2.33. The lowest BCUT2D eigenvalue weighted by molar-refractivity contribution is -0.385. The van der Waals surface area contributed by atoms with Crippen LogP contribution in [0.25, 0.3) is 0 Å². The second-order valence-electron chi connectivity index (χ2n) is 7.55. The van der Waals surface area contributed by atoms with Gasteiger partial charge in [-0.25, -0.2) is 0 Å². The highest BCUT2D eigenvalue weighted by molar-refractivity contribution is 7.98. The fourth-order valence-corrected chi connectivity index (χ4v) is 4.49. The van der Waals surface area contributed by atoms with Gasteiger partial charge < -0.3 is 10.2 Å². The molecule has 2 aliphatic rings. The summed E-state index contributed by atoms with van der Waals surface area (Å²) in [7, 11) is 0. The number of nitrogens with one attached hydrogen (secondary N) is 1. The highest BCUT2D eigenvalue weighted by Crippen LogP contribution is 2.27. The van der Waals surface area contributed by atoms with E-state index in [2.05, 4.69) is 5.32 Å². The summed E-state index contributed by atoms with van der Waals surface area (Å²) in [6.45, 7) is 0.990. The SMILES string of the molecule is CSc1ccc([N+](=O)[O-])c(C(=O)N2CCC(NC(=O)C3CCCCC3)CC2)c1. The zero-order valence-electron chi connectivity index (χ0n) is 16.2. The third kappa shape index (κ3) is 4.84. The van der Waals surface area contributed by atoms with E-state index in [-0.39, 0.29) is 35.0 Å². The lowest BCUT2D eigenvalue weighted by Crippen LogP contribution is -2.48. The van der Waals surface area contributed by atoms with Crippen molar-refractivity contribution in [1.82, 2.24) is 10.2 Å². The molecule has 3 rings (SSSR count). The molecule has 8 heteroatoms. The smallest absolute Gasteiger partial charge is 0.282 e. The molecule has 0 radical (unpaired) electrons. The summed E-state index contributed by atoms with van der Waals surface area (Å²) in [5, 5.41) is 14.5. The van der Waals surface area contributed by atoms with Crippen molar-refractivity contribution in [2.24, 2.45) is 5.92 Å². The molecule has 1 heterocycles. The molecule has 1 N–H and O–H groups in total. The average molecular weight is 406 g/mol. The maximum Gasteiger partial charge on any atom is 0.282 e. The predicted octanol–water partition coefficient (Wildman–Crippen LogP) is 3.62. The third-order valence-corrected chi connectivity index (χ3v) is 6.46. The number of nitro benzene ring substituents is 1. The molecule has 0 aromatic heterocycles. The summed E-state index contributed by atoms with van der Waals surface area (Å²) < 4.78 is 0. The van der Waals surface area contributed by atoms with Gasteiger partial charge in [-0.15, -0.1) is 11.8 Å². The van der Waals surface area contributed by atoms with Crippen molar-refractivity contribution in [2.45, 2.75) is 55.9 Å². The number of nitrogens with zero attached hydrogens (tertiary/aromatic N) is 2. The largest absolute Gasteiger partial charge is 0.353 e. The molecular weight excluding hydrogens is 378 g/mol. The highest BCUT2D eigenvalue weighted by atomic mass is 32.2. The van der Waals surface area contributed by atoms with Crippen molar-refractivity contribution < 1.29 is 14.5 Å². The first-order valence-electron chi connectivity index (χ1n) is 9.91. The van der Waals surface area contributed by atoms with Gasteiger partial charge in [0, 0.05) is 36.0 Å². The van der Waals surface area contributed by atoms with E-state index in [4.69, 9.17) is 0 Å². The van der Waals surface area contributed by atoms with Gasteiger partial charge in [0.2, 0.25) is 5.91 Å². The summed E-state index contributed by atoms with van der Waals surface area (Å²) >= 11 is 1.45. The van der Waals surface area contributed by atoms with E-state index in [1.165, 1.54) is 24.2 Å². The quantitative estimate of drug-likeness (QED) is 0.459. The molecular formula is C20H27N3O4S. The second kappa shape index (κ2) is 9.41. The first kappa shape index (κ1) is 20.6. The molecule has 1 saturated heterocycles. The van der Waals surface area contributed by atoms with Crippen molar-refractivity contribution in [3.05, 3.63) is 33.9 Å². The molecule has 1 aliphatic carbocycles. The maximum absolute atomic E-state index is 12.9. The van der Waals surface area contributed by atoms with Crippen molar-refractivity contribution in [1.29, 1.82) is 0 Å². The Labute approximate surface area is 169 Å². The normalized spacial score (nSPS) is 18.7. The fourth-order valence-electron chi connectivity index (χ4n) is 4.05. The van der Waals surface area contributed by atoms with E-state index < -0.39 is 4.92 Å². The molecule has 0 unspecified atom stereocenters. The molecule has 1 aliphatic heterocycles. The summed E-state index contributed by atoms with van der Waals surface area (Å²) in [5.41, 5.74) is -0.0166. The molecule has 152 valence electrons. The van der Waals surface area contributed by atoms with E-state index in [9.17, 15) is 19.7 Å². The van der Waals surface area contributed by atoms with Crippen LogP contribution in [-0.2, 0) is 4.79 Å². The Balaban J connectivity index is 1.59. The third-order valence-electron chi connectivity index (χ3n) is 5.74. The number of piperidine rings is 1. The monoisotopic (exact) mass is 405 g/mol. The van der Waals surface area contributed by atoms with E-state index in [0.717, 1.165) is 30.6 Å². The number of rotatable bonds is 5. The van der Waals surface area contributed by atoms with Gasteiger partial charge in [-0.2, -0.15) is 0 Å². The molecule has 1 saturated carbocycles. The molecule has 2 amide bonds. The van der Waals surface area contributed by atoms with E-state index >= 15 is 0 Å². The summed E-state index contributed by atoms with van der Waals surface area (Å²) in [4.78, 5) is 38.6. The molecule has 1 aromatic carbocycles. The summed E-state index contributed by atoms with van der Waals surface area (Å²) in [5.74, 6) is -0.0298. The number of carbonyl (C=O) groups is 2. The van der Waals surface area contributed by atoms with Gasteiger partial charge in [0.15, 0.2) is 0 Å². The van der Waals surface area contributed by atoms with Crippen LogP contribution in [0.3, 0.4) is 0 Å². The summed E-state index contributed by atoms with van der Waals surface area (Å²) in [6, 6.07) is 4.73. The lowest BCUT2D eigenvalue weighted by atomic mass is 9.88. The number of hydrogen-bond donors (Lipinski definition) is 1. The Morgan fingerprint density at radius 2 is 1.82 bits per heavy atom. The maximum atomic E-state index is 12.9. The zero-order chi connectivity index (χ0) is 20.1.